The zero-order valence-electron chi connectivity index (χ0n) is 29.8. The normalized spacial score (nSPS) is 11.6. The lowest BCUT2D eigenvalue weighted by atomic mass is 9.85. The van der Waals surface area contributed by atoms with Crippen molar-refractivity contribution in [3.8, 4) is 56.2 Å². The maximum Gasteiger partial charge on any atom is 0.160 e. The predicted molar refractivity (Wildman–Crippen MR) is 229 cm³/mol. The zero-order valence-corrected chi connectivity index (χ0v) is 29.8. The van der Waals surface area contributed by atoms with E-state index in [9.17, 15) is 0 Å². The molecule has 0 unspecified atom stereocenters. The van der Waals surface area contributed by atoms with E-state index in [0.29, 0.717) is 5.82 Å². The minimum atomic E-state index is 0.694. The molecule has 11 aromatic rings. The highest BCUT2D eigenvalue weighted by molar-refractivity contribution is 6.27. The minimum Gasteiger partial charge on any atom is -0.456 e. The van der Waals surface area contributed by atoms with Crippen molar-refractivity contribution in [3.05, 3.63) is 194 Å². The van der Waals surface area contributed by atoms with Crippen LogP contribution in [0.5, 0.6) is 0 Å². The van der Waals surface area contributed by atoms with E-state index in [2.05, 4.69) is 164 Å². The van der Waals surface area contributed by atoms with E-state index in [1.54, 1.807) is 0 Å². The molecule has 0 spiro atoms. The SMILES string of the molecule is c1ccc(-c2nc(-c3ccc(-c4ccc5oc6ccccc6c5c4)cc3)cc(-c3c4ccccc4c(-c4ccccc4)c4ccc5ccccc5c34)n2)cc1. The lowest BCUT2D eigenvalue weighted by molar-refractivity contribution is 0.669. The van der Waals surface area contributed by atoms with Gasteiger partial charge in [-0.3, -0.25) is 0 Å². The predicted octanol–water partition coefficient (Wildman–Crippen LogP) is 14.2. The minimum absolute atomic E-state index is 0.694. The highest BCUT2D eigenvalue weighted by atomic mass is 16.3. The van der Waals surface area contributed by atoms with Gasteiger partial charge >= 0.3 is 0 Å². The highest BCUT2D eigenvalue weighted by Crippen LogP contribution is 2.46. The Labute approximate surface area is 317 Å². The Bertz CT molecular complexity index is 3240. The molecule has 0 N–H and O–H groups in total. The summed E-state index contributed by atoms with van der Waals surface area (Å²) in [5, 5.41) is 9.39. The number of aromatic nitrogens is 2. The summed E-state index contributed by atoms with van der Waals surface area (Å²) in [5.41, 5.74) is 11.4. The van der Waals surface area contributed by atoms with Crippen molar-refractivity contribution < 1.29 is 4.42 Å². The third-order valence-corrected chi connectivity index (χ3v) is 10.9. The van der Waals surface area contributed by atoms with Gasteiger partial charge in [0.1, 0.15) is 11.2 Å². The van der Waals surface area contributed by atoms with Gasteiger partial charge in [0, 0.05) is 32.8 Å². The topological polar surface area (TPSA) is 38.9 Å². The summed E-state index contributed by atoms with van der Waals surface area (Å²) in [4.78, 5) is 10.6. The molecule has 9 aromatic carbocycles. The second-order valence-electron chi connectivity index (χ2n) is 14.1. The third-order valence-electron chi connectivity index (χ3n) is 10.9. The van der Waals surface area contributed by atoms with E-state index in [4.69, 9.17) is 14.4 Å². The fourth-order valence-corrected chi connectivity index (χ4v) is 8.31. The lowest BCUT2D eigenvalue weighted by Crippen LogP contribution is -1.98. The van der Waals surface area contributed by atoms with Crippen molar-refractivity contribution in [2.75, 3.05) is 0 Å². The Morgan fingerprint density at radius 3 is 1.67 bits per heavy atom. The maximum atomic E-state index is 6.11. The van der Waals surface area contributed by atoms with Crippen LogP contribution in [-0.4, -0.2) is 9.97 Å². The first-order valence-corrected chi connectivity index (χ1v) is 18.7. The third kappa shape index (κ3) is 5.20. The van der Waals surface area contributed by atoms with E-state index in [-0.39, 0.29) is 0 Å². The summed E-state index contributed by atoms with van der Waals surface area (Å²) in [6.45, 7) is 0. The van der Waals surface area contributed by atoms with Gasteiger partial charge in [-0.15, -0.1) is 0 Å². The molecule has 0 amide bonds. The molecule has 0 radical (unpaired) electrons. The van der Waals surface area contributed by atoms with Gasteiger partial charge in [0.15, 0.2) is 5.82 Å². The van der Waals surface area contributed by atoms with Gasteiger partial charge in [-0.05, 0) is 73.5 Å². The van der Waals surface area contributed by atoms with Gasteiger partial charge in [0.25, 0.3) is 0 Å². The summed E-state index contributed by atoms with van der Waals surface area (Å²) in [7, 11) is 0. The van der Waals surface area contributed by atoms with Crippen molar-refractivity contribution in [1.29, 1.82) is 0 Å². The van der Waals surface area contributed by atoms with Crippen LogP contribution in [0.2, 0.25) is 0 Å². The van der Waals surface area contributed by atoms with Crippen LogP contribution >= 0.6 is 0 Å². The van der Waals surface area contributed by atoms with Gasteiger partial charge in [-0.2, -0.15) is 0 Å². The molecule has 0 aliphatic rings. The number of hydrogen-bond donors (Lipinski definition) is 0. The monoisotopic (exact) mass is 700 g/mol. The Morgan fingerprint density at radius 1 is 0.309 bits per heavy atom. The molecule has 2 aromatic heterocycles. The van der Waals surface area contributed by atoms with Crippen molar-refractivity contribution in [2.45, 2.75) is 0 Å². The first kappa shape index (κ1) is 31.2. The van der Waals surface area contributed by atoms with E-state index >= 15 is 0 Å². The van der Waals surface area contributed by atoms with Crippen LogP contribution in [0.4, 0.5) is 0 Å². The van der Waals surface area contributed by atoms with Gasteiger partial charge in [-0.25, -0.2) is 9.97 Å². The molecule has 55 heavy (non-hydrogen) atoms. The molecule has 0 fully saturated rings. The molecule has 0 saturated heterocycles. The number of rotatable bonds is 5. The number of nitrogens with zero attached hydrogens (tertiary/aromatic N) is 2. The summed E-state index contributed by atoms with van der Waals surface area (Å²) in [6.07, 6.45) is 0. The summed E-state index contributed by atoms with van der Waals surface area (Å²) in [6, 6.07) is 68.6. The molecule has 11 rings (SSSR count). The molecule has 3 nitrogen and oxygen atoms in total. The van der Waals surface area contributed by atoms with Gasteiger partial charge in [0.2, 0.25) is 0 Å². The molecule has 256 valence electrons. The average molecular weight is 701 g/mol. The van der Waals surface area contributed by atoms with Crippen molar-refractivity contribution in [3.63, 3.8) is 0 Å². The zero-order chi connectivity index (χ0) is 36.3. The standard InChI is InChI=1S/C52H32N2O/c1-3-14-36(15-4-1)49-41-20-9-10-21-42(41)51(50-39-18-8-7-13-34(39)27-29-43(49)50)46-32-45(53-52(54-46)37-16-5-2-6-17-37)35-25-23-33(24-26-35)38-28-30-48-44(31-38)40-19-11-12-22-47(40)55-48/h1-32H. The van der Waals surface area contributed by atoms with Crippen LogP contribution in [-0.2, 0) is 0 Å². The van der Waals surface area contributed by atoms with Crippen LogP contribution in [0.15, 0.2) is 199 Å². The fraction of sp³-hybridized carbons (Fsp3) is 0. The first-order valence-electron chi connectivity index (χ1n) is 18.7. The molecule has 2 heterocycles. The van der Waals surface area contributed by atoms with Crippen LogP contribution in [0.25, 0.3) is 110 Å². The number of fused-ring (bicyclic) bond motifs is 7. The molecule has 0 aliphatic carbocycles. The molecule has 0 bridgehead atoms. The molecular weight excluding hydrogens is 669 g/mol. The first-order chi connectivity index (χ1) is 27.3. The van der Waals surface area contributed by atoms with Crippen LogP contribution in [0.3, 0.4) is 0 Å². The molecule has 0 aliphatic heterocycles. The number of furan rings is 1. The molecule has 3 heteroatoms. The Kier molecular flexibility index (Phi) is 7.17. The fourth-order valence-electron chi connectivity index (χ4n) is 8.31. The van der Waals surface area contributed by atoms with Crippen molar-refractivity contribution in [2.24, 2.45) is 0 Å². The van der Waals surface area contributed by atoms with E-state index in [1.165, 1.54) is 38.1 Å². The summed E-state index contributed by atoms with van der Waals surface area (Å²) < 4.78 is 6.11. The van der Waals surface area contributed by atoms with Crippen molar-refractivity contribution >= 4 is 54.3 Å². The molecule has 0 saturated carbocycles. The highest BCUT2D eigenvalue weighted by Gasteiger charge is 2.21. The van der Waals surface area contributed by atoms with E-state index in [1.807, 2.05) is 30.3 Å². The van der Waals surface area contributed by atoms with Crippen LogP contribution in [0, 0.1) is 0 Å². The average Bonchev–Trinajstić information content (AvgIpc) is 3.64. The summed E-state index contributed by atoms with van der Waals surface area (Å²) in [5.74, 6) is 0.694. The van der Waals surface area contributed by atoms with Gasteiger partial charge in [-0.1, -0.05) is 170 Å². The van der Waals surface area contributed by atoms with E-state index in [0.717, 1.165) is 66.5 Å². The molecular formula is C52H32N2O. The Hall–Kier alpha value is -7.36. The summed E-state index contributed by atoms with van der Waals surface area (Å²) >= 11 is 0. The quantitative estimate of drug-likeness (QED) is 0.133. The van der Waals surface area contributed by atoms with Gasteiger partial charge in [0.05, 0.1) is 11.4 Å². The largest absolute Gasteiger partial charge is 0.456 e. The van der Waals surface area contributed by atoms with E-state index < -0.39 is 0 Å². The van der Waals surface area contributed by atoms with Crippen molar-refractivity contribution in [1.82, 2.24) is 9.97 Å². The number of hydrogen-bond acceptors (Lipinski definition) is 3. The lowest BCUT2D eigenvalue weighted by Gasteiger charge is -2.19. The van der Waals surface area contributed by atoms with Crippen LogP contribution < -0.4 is 0 Å². The second kappa shape index (κ2) is 12.6. The maximum absolute atomic E-state index is 6.11. The smallest absolute Gasteiger partial charge is 0.160 e. The Morgan fingerprint density at radius 2 is 0.891 bits per heavy atom. The second-order valence-corrected chi connectivity index (χ2v) is 14.1. The Balaban J connectivity index is 1.15. The number of benzene rings is 9. The molecule has 0 atom stereocenters. The number of para-hydroxylation sites is 1. The van der Waals surface area contributed by atoms with Gasteiger partial charge < -0.3 is 4.42 Å². The van der Waals surface area contributed by atoms with Crippen LogP contribution in [0.1, 0.15) is 0 Å².